The van der Waals surface area contributed by atoms with Crippen molar-refractivity contribution in [3.05, 3.63) is 0 Å². The molecule has 1 atom stereocenters. The van der Waals surface area contributed by atoms with Gasteiger partial charge in [-0.3, -0.25) is 19.2 Å². The van der Waals surface area contributed by atoms with E-state index in [9.17, 15) is 19.2 Å². The molecule has 5 nitrogen and oxygen atoms in total. The van der Waals surface area contributed by atoms with E-state index in [2.05, 4.69) is 26.7 Å². The number of likely N-dealkylation sites (tertiary alicyclic amines) is 1. The molecule has 0 spiro atoms. The van der Waals surface area contributed by atoms with Crippen LogP contribution in [-0.4, -0.2) is 28.4 Å². The Balaban J connectivity index is 2.42. The maximum Gasteiger partial charge on any atom is 0.236 e. The first-order valence-electron chi connectivity index (χ1n) is 8.00. The van der Waals surface area contributed by atoms with Crippen LogP contribution >= 0.6 is 0 Å². The second-order valence-corrected chi connectivity index (χ2v) is 7.08. The van der Waals surface area contributed by atoms with Crippen molar-refractivity contribution in [2.75, 3.05) is 0 Å². The third kappa shape index (κ3) is 5.63. The lowest BCUT2D eigenvalue weighted by Gasteiger charge is -2.28. The van der Waals surface area contributed by atoms with E-state index in [4.69, 9.17) is 6.42 Å². The number of nitrogens with zero attached hydrogens (tertiary/aromatic N) is 1. The highest BCUT2D eigenvalue weighted by atomic mass is 16.2. The standard InChI is InChI=1S/C18H25NO4/c1-5-7-13(18(2,3)4)12-14(20)8-6-9-15(21)19-16(22)10-11-17(19)23/h1,13H,6-12H2,2-4H3. The predicted octanol–water partition coefficient (Wildman–Crippen LogP) is 2.48. The van der Waals surface area contributed by atoms with Gasteiger partial charge in [-0.25, -0.2) is 4.90 Å². The first-order chi connectivity index (χ1) is 10.7. The molecule has 0 aliphatic carbocycles. The molecule has 1 saturated heterocycles. The molecule has 126 valence electrons. The molecule has 0 aromatic carbocycles. The van der Waals surface area contributed by atoms with E-state index in [0.29, 0.717) is 19.3 Å². The van der Waals surface area contributed by atoms with Crippen LogP contribution in [0.15, 0.2) is 0 Å². The van der Waals surface area contributed by atoms with E-state index in [0.717, 1.165) is 4.90 Å². The van der Waals surface area contributed by atoms with Crippen LogP contribution in [-0.2, 0) is 19.2 Å². The zero-order valence-electron chi connectivity index (χ0n) is 14.2. The molecule has 0 aromatic rings. The molecule has 23 heavy (non-hydrogen) atoms. The van der Waals surface area contributed by atoms with Gasteiger partial charge >= 0.3 is 0 Å². The Hall–Kier alpha value is -1.96. The van der Waals surface area contributed by atoms with Crippen molar-refractivity contribution in [2.45, 2.75) is 65.7 Å². The Morgan fingerprint density at radius 3 is 2.22 bits per heavy atom. The van der Waals surface area contributed by atoms with Crippen LogP contribution in [0.3, 0.4) is 0 Å². The molecule has 5 heteroatoms. The maximum absolute atomic E-state index is 12.1. The smallest absolute Gasteiger partial charge is 0.236 e. The lowest BCUT2D eigenvalue weighted by molar-refractivity contribution is -0.149. The molecule has 1 aliphatic rings. The molecular weight excluding hydrogens is 294 g/mol. The van der Waals surface area contributed by atoms with Crippen LogP contribution in [0, 0.1) is 23.7 Å². The molecule has 1 heterocycles. The second kappa shape index (κ2) is 8.05. The van der Waals surface area contributed by atoms with Gasteiger partial charge in [0.05, 0.1) is 0 Å². The van der Waals surface area contributed by atoms with Crippen molar-refractivity contribution < 1.29 is 19.2 Å². The van der Waals surface area contributed by atoms with E-state index < -0.39 is 17.7 Å². The number of Topliss-reactive ketones (excluding diaryl/α,β-unsaturated/α-hetero) is 1. The summed E-state index contributed by atoms with van der Waals surface area (Å²) in [6.45, 7) is 6.16. The zero-order valence-corrected chi connectivity index (χ0v) is 14.2. The van der Waals surface area contributed by atoms with Gasteiger partial charge in [0.1, 0.15) is 5.78 Å². The Morgan fingerprint density at radius 2 is 1.74 bits per heavy atom. The highest BCUT2D eigenvalue weighted by Crippen LogP contribution is 2.31. The molecule has 1 fully saturated rings. The van der Waals surface area contributed by atoms with Crippen molar-refractivity contribution in [3.8, 4) is 12.3 Å². The van der Waals surface area contributed by atoms with Gasteiger partial charge in [0, 0.05) is 38.5 Å². The number of terminal acetylenes is 1. The number of carbonyl (C=O) groups excluding carboxylic acids is 4. The van der Waals surface area contributed by atoms with Crippen LogP contribution in [0.4, 0.5) is 0 Å². The monoisotopic (exact) mass is 319 g/mol. The van der Waals surface area contributed by atoms with Gasteiger partial charge in [0.15, 0.2) is 0 Å². The Bertz CT molecular complexity index is 520. The minimum atomic E-state index is -0.499. The van der Waals surface area contributed by atoms with E-state index in [1.54, 1.807) is 0 Å². The highest BCUT2D eigenvalue weighted by molar-refractivity contribution is 6.15. The average molecular weight is 319 g/mol. The van der Waals surface area contributed by atoms with Crippen molar-refractivity contribution in [1.82, 2.24) is 4.90 Å². The third-order valence-electron chi connectivity index (χ3n) is 4.21. The molecule has 0 bridgehead atoms. The zero-order chi connectivity index (χ0) is 17.6. The van der Waals surface area contributed by atoms with E-state index >= 15 is 0 Å². The number of ketones is 1. The summed E-state index contributed by atoms with van der Waals surface area (Å²) in [5.41, 5.74) is -0.0494. The SMILES string of the molecule is C#CCC(CC(=O)CCCC(=O)N1C(=O)CCC1=O)C(C)(C)C. The van der Waals surface area contributed by atoms with Gasteiger partial charge in [-0.05, 0) is 17.8 Å². The van der Waals surface area contributed by atoms with Gasteiger partial charge in [-0.15, -0.1) is 12.3 Å². The summed E-state index contributed by atoms with van der Waals surface area (Å²) >= 11 is 0. The van der Waals surface area contributed by atoms with Crippen molar-refractivity contribution in [3.63, 3.8) is 0 Å². The number of hydrogen-bond donors (Lipinski definition) is 0. The first-order valence-corrected chi connectivity index (χ1v) is 8.00. The Kier molecular flexibility index (Phi) is 6.68. The topological polar surface area (TPSA) is 71.5 Å². The van der Waals surface area contributed by atoms with Crippen molar-refractivity contribution >= 4 is 23.5 Å². The number of carbonyl (C=O) groups is 4. The fourth-order valence-corrected chi connectivity index (χ4v) is 2.61. The molecule has 1 unspecified atom stereocenters. The van der Waals surface area contributed by atoms with Crippen LogP contribution in [0.2, 0.25) is 0 Å². The molecule has 0 N–H and O–H groups in total. The maximum atomic E-state index is 12.1. The van der Waals surface area contributed by atoms with Gasteiger partial charge in [0.2, 0.25) is 17.7 Å². The van der Waals surface area contributed by atoms with Gasteiger partial charge in [-0.1, -0.05) is 20.8 Å². The summed E-state index contributed by atoms with van der Waals surface area (Å²) in [6, 6.07) is 0. The summed E-state index contributed by atoms with van der Waals surface area (Å²) in [6.07, 6.45) is 7.15. The molecule has 1 rings (SSSR count). The fraction of sp³-hybridized carbons (Fsp3) is 0.667. The Labute approximate surface area is 137 Å². The second-order valence-electron chi connectivity index (χ2n) is 7.08. The summed E-state index contributed by atoms with van der Waals surface area (Å²) in [7, 11) is 0. The van der Waals surface area contributed by atoms with Crippen LogP contribution < -0.4 is 0 Å². The Morgan fingerprint density at radius 1 is 1.17 bits per heavy atom. The predicted molar refractivity (Wildman–Crippen MR) is 86.0 cm³/mol. The summed E-state index contributed by atoms with van der Waals surface area (Å²) in [5.74, 6) is 1.41. The molecular formula is C18H25NO4. The van der Waals surface area contributed by atoms with Crippen LogP contribution in [0.5, 0.6) is 0 Å². The van der Waals surface area contributed by atoms with E-state index in [-0.39, 0.29) is 42.8 Å². The highest BCUT2D eigenvalue weighted by Gasteiger charge is 2.34. The first kappa shape index (κ1) is 19.1. The van der Waals surface area contributed by atoms with Crippen LogP contribution in [0.25, 0.3) is 0 Å². The molecule has 0 saturated carbocycles. The van der Waals surface area contributed by atoms with E-state index in [1.165, 1.54) is 0 Å². The number of hydrogen-bond acceptors (Lipinski definition) is 4. The van der Waals surface area contributed by atoms with Gasteiger partial charge < -0.3 is 0 Å². The minimum Gasteiger partial charge on any atom is -0.300 e. The molecule has 0 radical (unpaired) electrons. The summed E-state index contributed by atoms with van der Waals surface area (Å²) in [4.78, 5) is 47.6. The van der Waals surface area contributed by atoms with Crippen LogP contribution in [0.1, 0.15) is 65.7 Å². The molecule has 0 aromatic heterocycles. The number of amides is 3. The third-order valence-corrected chi connectivity index (χ3v) is 4.21. The van der Waals surface area contributed by atoms with Gasteiger partial charge in [-0.2, -0.15) is 0 Å². The van der Waals surface area contributed by atoms with E-state index in [1.807, 2.05) is 0 Å². The minimum absolute atomic E-state index is 0.0402. The lowest BCUT2D eigenvalue weighted by Crippen LogP contribution is -2.35. The average Bonchev–Trinajstić information content (AvgIpc) is 2.76. The largest absolute Gasteiger partial charge is 0.300 e. The summed E-state index contributed by atoms with van der Waals surface area (Å²) < 4.78 is 0. The van der Waals surface area contributed by atoms with Gasteiger partial charge in [0.25, 0.3) is 0 Å². The number of rotatable bonds is 7. The lowest BCUT2D eigenvalue weighted by atomic mass is 9.76. The molecule has 3 amide bonds. The number of imide groups is 3. The quantitative estimate of drug-likeness (QED) is 0.534. The normalized spacial score (nSPS) is 16.3. The fourth-order valence-electron chi connectivity index (χ4n) is 2.61. The summed E-state index contributed by atoms with van der Waals surface area (Å²) in [5, 5.41) is 0. The molecule has 1 aliphatic heterocycles. The van der Waals surface area contributed by atoms with Crippen molar-refractivity contribution in [1.29, 1.82) is 0 Å². The van der Waals surface area contributed by atoms with Crippen molar-refractivity contribution in [2.24, 2.45) is 11.3 Å².